The molecule has 3 rings (SSSR count). The minimum absolute atomic E-state index is 0.0598. The molecular formula is C20H25NO3S. The van der Waals surface area contributed by atoms with E-state index in [9.17, 15) is 4.79 Å². The van der Waals surface area contributed by atoms with E-state index in [2.05, 4.69) is 25.3 Å². The molecule has 1 fully saturated rings. The van der Waals surface area contributed by atoms with Gasteiger partial charge in [0.15, 0.2) is 11.5 Å². The Morgan fingerprint density at radius 1 is 1.32 bits per heavy atom. The third kappa shape index (κ3) is 3.98. The van der Waals surface area contributed by atoms with Crippen molar-refractivity contribution in [3.63, 3.8) is 0 Å². The number of hydrogen-bond acceptors (Lipinski definition) is 4. The van der Waals surface area contributed by atoms with Gasteiger partial charge < -0.3 is 14.4 Å². The SMILES string of the molecule is COc1cc(C(=O)N2CCCC2c2cccs2)ccc1OCC(C)C. The zero-order valence-electron chi connectivity index (χ0n) is 15.0. The summed E-state index contributed by atoms with van der Waals surface area (Å²) in [6.45, 7) is 5.62. The second-order valence-corrected chi connectivity index (χ2v) is 7.72. The van der Waals surface area contributed by atoms with Crippen molar-refractivity contribution in [3.8, 4) is 11.5 Å². The molecular weight excluding hydrogens is 334 g/mol. The lowest BCUT2D eigenvalue weighted by Gasteiger charge is -2.24. The molecule has 1 aliphatic rings. The Hall–Kier alpha value is -2.01. The number of carbonyl (C=O) groups is 1. The van der Waals surface area contributed by atoms with Gasteiger partial charge in [0, 0.05) is 17.0 Å². The highest BCUT2D eigenvalue weighted by Crippen LogP contribution is 2.36. The first-order valence-corrected chi connectivity index (χ1v) is 9.63. The first-order chi connectivity index (χ1) is 12.1. The van der Waals surface area contributed by atoms with Gasteiger partial charge in [-0.3, -0.25) is 4.79 Å². The van der Waals surface area contributed by atoms with Crippen LogP contribution < -0.4 is 9.47 Å². The number of nitrogens with zero attached hydrogens (tertiary/aromatic N) is 1. The second-order valence-electron chi connectivity index (χ2n) is 6.74. The number of ether oxygens (including phenoxy) is 2. The zero-order chi connectivity index (χ0) is 17.8. The largest absolute Gasteiger partial charge is 0.493 e. The molecule has 1 saturated heterocycles. The molecule has 1 aliphatic heterocycles. The lowest BCUT2D eigenvalue weighted by molar-refractivity contribution is 0.0737. The number of carbonyl (C=O) groups excluding carboxylic acids is 1. The van der Waals surface area contributed by atoms with Crippen molar-refractivity contribution in [2.75, 3.05) is 20.3 Å². The molecule has 1 aromatic carbocycles. The lowest BCUT2D eigenvalue weighted by atomic mass is 10.1. The summed E-state index contributed by atoms with van der Waals surface area (Å²) in [5.74, 6) is 1.79. The average molecular weight is 359 g/mol. The van der Waals surface area contributed by atoms with Crippen LogP contribution in [0.2, 0.25) is 0 Å². The van der Waals surface area contributed by atoms with Gasteiger partial charge in [-0.25, -0.2) is 0 Å². The topological polar surface area (TPSA) is 38.8 Å². The molecule has 1 aromatic heterocycles. The minimum atomic E-state index is 0.0598. The fourth-order valence-corrected chi connectivity index (χ4v) is 4.00. The number of thiophene rings is 1. The van der Waals surface area contributed by atoms with Crippen molar-refractivity contribution >= 4 is 17.2 Å². The standard InChI is InChI=1S/C20H25NO3S/c1-14(2)13-24-17-9-8-15(12-18(17)23-3)20(22)21-10-4-6-16(21)19-7-5-11-25-19/h5,7-9,11-12,14,16H,4,6,10,13H2,1-3H3. The van der Waals surface area contributed by atoms with Crippen LogP contribution in [0.5, 0.6) is 11.5 Å². The number of likely N-dealkylation sites (tertiary alicyclic amines) is 1. The van der Waals surface area contributed by atoms with E-state index in [1.807, 2.05) is 23.1 Å². The van der Waals surface area contributed by atoms with Crippen LogP contribution in [0.15, 0.2) is 35.7 Å². The van der Waals surface area contributed by atoms with Gasteiger partial charge in [0.05, 0.1) is 19.8 Å². The lowest BCUT2D eigenvalue weighted by Crippen LogP contribution is -2.30. The van der Waals surface area contributed by atoms with Crippen molar-refractivity contribution in [3.05, 3.63) is 46.2 Å². The van der Waals surface area contributed by atoms with Crippen LogP contribution in [0.4, 0.5) is 0 Å². The van der Waals surface area contributed by atoms with Gasteiger partial charge in [0.1, 0.15) is 0 Å². The van der Waals surface area contributed by atoms with Crippen molar-refractivity contribution in [2.24, 2.45) is 5.92 Å². The summed E-state index contributed by atoms with van der Waals surface area (Å²) in [6.07, 6.45) is 2.07. The minimum Gasteiger partial charge on any atom is -0.493 e. The van der Waals surface area contributed by atoms with Gasteiger partial charge in [-0.1, -0.05) is 19.9 Å². The maximum absolute atomic E-state index is 13.0. The van der Waals surface area contributed by atoms with Crippen molar-refractivity contribution < 1.29 is 14.3 Å². The summed E-state index contributed by atoms with van der Waals surface area (Å²) in [6, 6.07) is 9.82. The molecule has 1 atom stereocenters. The first-order valence-electron chi connectivity index (χ1n) is 8.75. The number of rotatable bonds is 6. The summed E-state index contributed by atoms with van der Waals surface area (Å²) in [5, 5.41) is 2.07. The fraction of sp³-hybridized carbons (Fsp3) is 0.450. The van der Waals surface area contributed by atoms with Crippen LogP contribution in [0.3, 0.4) is 0 Å². The highest BCUT2D eigenvalue weighted by molar-refractivity contribution is 7.10. The molecule has 1 unspecified atom stereocenters. The highest BCUT2D eigenvalue weighted by atomic mass is 32.1. The molecule has 0 spiro atoms. The molecule has 25 heavy (non-hydrogen) atoms. The predicted molar refractivity (Wildman–Crippen MR) is 101 cm³/mol. The number of benzene rings is 1. The van der Waals surface area contributed by atoms with E-state index in [-0.39, 0.29) is 11.9 Å². The van der Waals surface area contributed by atoms with E-state index in [4.69, 9.17) is 9.47 Å². The summed E-state index contributed by atoms with van der Waals surface area (Å²) < 4.78 is 11.2. The second kappa shape index (κ2) is 7.91. The number of hydrogen-bond donors (Lipinski definition) is 0. The van der Waals surface area contributed by atoms with Crippen molar-refractivity contribution in [2.45, 2.75) is 32.7 Å². The predicted octanol–water partition coefficient (Wildman–Crippen LogP) is 4.77. The van der Waals surface area contributed by atoms with Gasteiger partial charge in [-0.2, -0.15) is 0 Å². The summed E-state index contributed by atoms with van der Waals surface area (Å²) in [4.78, 5) is 16.3. The molecule has 2 heterocycles. The van der Waals surface area contributed by atoms with Crippen LogP contribution in [0, 0.1) is 5.92 Å². The molecule has 2 aromatic rings. The Morgan fingerprint density at radius 2 is 2.16 bits per heavy atom. The first kappa shape index (κ1) is 17.8. The number of methoxy groups -OCH3 is 1. The van der Waals surface area contributed by atoms with E-state index in [1.165, 1.54) is 4.88 Å². The normalized spacial score (nSPS) is 17.1. The van der Waals surface area contributed by atoms with Crippen LogP contribution in [0.25, 0.3) is 0 Å². The zero-order valence-corrected chi connectivity index (χ0v) is 15.8. The molecule has 0 bridgehead atoms. The molecule has 134 valence electrons. The van der Waals surface area contributed by atoms with E-state index >= 15 is 0 Å². The molecule has 0 radical (unpaired) electrons. The molecule has 4 nitrogen and oxygen atoms in total. The Balaban J connectivity index is 1.79. The monoisotopic (exact) mass is 359 g/mol. The summed E-state index contributed by atoms with van der Waals surface area (Å²) >= 11 is 1.72. The molecule has 1 amide bonds. The highest BCUT2D eigenvalue weighted by Gasteiger charge is 2.31. The smallest absolute Gasteiger partial charge is 0.254 e. The third-order valence-corrected chi connectivity index (χ3v) is 5.34. The third-order valence-electron chi connectivity index (χ3n) is 4.37. The van der Waals surface area contributed by atoms with Gasteiger partial charge in [0.2, 0.25) is 0 Å². The van der Waals surface area contributed by atoms with Crippen LogP contribution in [-0.4, -0.2) is 31.1 Å². The van der Waals surface area contributed by atoms with E-state index in [1.54, 1.807) is 24.5 Å². The van der Waals surface area contributed by atoms with E-state index < -0.39 is 0 Å². The Kier molecular flexibility index (Phi) is 5.63. The molecule has 5 heteroatoms. The molecule has 0 aliphatic carbocycles. The number of amides is 1. The Labute approximate surface area is 153 Å². The Bertz CT molecular complexity index is 712. The molecule has 0 saturated carbocycles. The van der Waals surface area contributed by atoms with Gasteiger partial charge >= 0.3 is 0 Å². The van der Waals surface area contributed by atoms with Gasteiger partial charge in [-0.15, -0.1) is 11.3 Å². The van der Waals surface area contributed by atoms with Crippen LogP contribution in [0.1, 0.15) is 48.0 Å². The van der Waals surface area contributed by atoms with Gasteiger partial charge in [-0.05, 0) is 48.4 Å². The van der Waals surface area contributed by atoms with Crippen LogP contribution in [-0.2, 0) is 0 Å². The van der Waals surface area contributed by atoms with Crippen LogP contribution >= 0.6 is 11.3 Å². The van der Waals surface area contributed by atoms with Crippen molar-refractivity contribution in [1.29, 1.82) is 0 Å². The molecule has 0 N–H and O–H groups in total. The van der Waals surface area contributed by atoms with E-state index in [0.29, 0.717) is 29.6 Å². The van der Waals surface area contributed by atoms with Crippen molar-refractivity contribution in [1.82, 2.24) is 4.90 Å². The summed E-state index contributed by atoms with van der Waals surface area (Å²) in [7, 11) is 1.61. The maximum Gasteiger partial charge on any atom is 0.254 e. The maximum atomic E-state index is 13.0. The fourth-order valence-electron chi connectivity index (χ4n) is 3.13. The van der Waals surface area contributed by atoms with Gasteiger partial charge in [0.25, 0.3) is 5.91 Å². The Morgan fingerprint density at radius 3 is 2.84 bits per heavy atom. The average Bonchev–Trinajstić information content (AvgIpc) is 3.29. The quantitative estimate of drug-likeness (QED) is 0.746. The van der Waals surface area contributed by atoms with E-state index in [0.717, 1.165) is 19.4 Å². The summed E-state index contributed by atoms with van der Waals surface area (Å²) in [5.41, 5.74) is 0.650.